The van der Waals surface area contributed by atoms with Gasteiger partial charge in [-0.3, -0.25) is 9.59 Å². The topological polar surface area (TPSA) is 53.8 Å². The van der Waals surface area contributed by atoms with E-state index in [9.17, 15) is 9.59 Å². The molecular weight excluding hydrogens is 256 g/mol. The van der Waals surface area contributed by atoms with Crippen molar-refractivity contribution in [1.29, 1.82) is 0 Å². The van der Waals surface area contributed by atoms with Crippen LogP contribution >= 0.6 is 0 Å². The fourth-order valence-corrected chi connectivity index (χ4v) is 3.52. The van der Waals surface area contributed by atoms with Crippen LogP contribution in [-0.4, -0.2) is 47.3 Å². The summed E-state index contributed by atoms with van der Waals surface area (Å²) >= 11 is 0. The van der Waals surface area contributed by atoms with Crippen molar-refractivity contribution >= 4 is 11.8 Å². The van der Waals surface area contributed by atoms with Crippen LogP contribution in [0.3, 0.4) is 0 Å². The molecule has 1 aromatic heterocycles. The van der Waals surface area contributed by atoms with Gasteiger partial charge < -0.3 is 14.2 Å². The summed E-state index contributed by atoms with van der Waals surface area (Å²) in [6.07, 6.45) is 4.60. The van der Waals surface area contributed by atoms with E-state index in [1.54, 1.807) is 12.1 Å². The molecule has 0 spiro atoms. The van der Waals surface area contributed by atoms with Gasteiger partial charge in [-0.15, -0.1) is 0 Å². The number of amides is 2. The lowest BCUT2D eigenvalue weighted by Gasteiger charge is -2.24. The van der Waals surface area contributed by atoms with Gasteiger partial charge in [0.25, 0.3) is 5.91 Å². The number of rotatable bonds is 2. The predicted molar refractivity (Wildman–Crippen MR) is 70.9 cm³/mol. The number of carbonyl (C=O) groups is 2. The molecule has 1 aliphatic carbocycles. The molecule has 4 rings (SSSR count). The summed E-state index contributed by atoms with van der Waals surface area (Å²) in [5.74, 6) is 1.37. The molecule has 0 N–H and O–H groups in total. The van der Waals surface area contributed by atoms with Crippen LogP contribution in [0.2, 0.25) is 0 Å². The third kappa shape index (κ3) is 1.84. The Morgan fingerprint density at radius 2 is 2.05 bits per heavy atom. The highest BCUT2D eigenvalue weighted by Gasteiger charge is 2.47. The van der Waals surface area contributed by atoms with E-state index in [-0.39, 0.29) is 17.9 Å². The van der Waals surface area contributed by atoms with Crippen LogP contribution in [0, 0.1) is 11.8 Å². The highest BCUT2D eigenvalue weighted by Crippen LogP contribution is 2.37. The van der Waals surface area contributed by atoms with Crippen molar-refractivity contribution in [2.45, 2.75) is 25.3 Å². The lowest BCUT2D eigenvalue weighted by atomic mass is 10.1. The summed E-state index contributed by atoms with van der Waals surface area (Å²) in [4.78, 5) is 28.4. The minimum Gasteiger partial charge on any atom is -0.459 e. The second kappa shape index (κ2) is 4.36. The second-order valence-corrected chi connectivity index (χ2v) is 6.11. The van der Waals surface area contributed by atoms with E-state index < -0.39 is 0 Å². The van der Waals surface area contributed by atoms with Crippen LogP contribution in [0.25, 0.3) is 0 Å². The molecule has 5 nitrogen and oxygen atoms in total. The van der Waals surface area contributed by atoms with Gasteiger partial charge in [0.15, 0.2) is 5.76 Å². The van der Waals surface area contributed by atoms with Gasteiger partial charge in [0, 0.05) is 31.5 Å². The van der Waals surface area contributed by atoms with Crippen molar-refractivity contribution in [2.24, 2.45) is 11.8 Å². The zero-order valence-corrected chi connectivity index (χ0v) is 11.3. The average Bonchev–Trinajstić information content (AvgIpc) is 2.89. The molecule has 1 aromatic rings. The highest BCUT2D eigenvalue weighted by molar-refractivity contribution is 5.92. The van der Waals surface area contributed by atoms with Gasteiger partial charge in [-0.1, -0.05) is 0 Å². The quantitative estimate of drug-likeness (QED) is 0.818. The lowest BCUT2D eigenvalue weighted by Crippen LogP contribution is -2.40. The Morgan fingerprint density at radius 1 is 1.20 bits per heavy atom. The van der Waals surface area contributed by atoms with Crippen LogP contribution in [0.5, 0.6) is 0 Å². The minimum atomic E-state index is -0.0387. The molecule has 0 aromatic carbocycles. The first-order valence-corrected chi connectivity index (χ1v) is 7.37. The standard InChI is InChI=1S/C15H18N2O3/c18-14(10-3-4-10)16-8-11-5-6-17(12(11)9-16)15(19)13-2-1-7-20-13/h1-2,7,10-12H,3-6,8-9H2/t11-,12+/m1/s1. The highest BCUT2D eigenvalue weighted by atomic mass is 16.3. The molecule has 106 valence electrons. The van der Waals surface area contributed by atoms with E-state index in [4.69, 9.17) is 4.42 Å². The molecule has 3 aliphatic rings. The Labute approximate surface area is 117 Å². The zero-order valence-electron chi connectivity index (χ0n) is 11.3. The molecule has 2 amide bonds. The molecule has 1 saturated carbocycles. The Bertz CT molecular complexity index is 535. The van der Waals surface area contributed by atoms with Gasteiger partial charge in [0.05, 0.1) is 12.3 Å². The number of nitrogens with zero attached hydrogens (tertiary/aromatic N) is 2. The number of furan rings is 1. The molecule has 2 aliphatic heterocycles. The number of fused-ring (bicyclic) bond motifs is 1. The normalized spacial score (nSPS) is 28.8. The van der Waals surface area contributed by atoms with E-state index in [1.807, 2.05) is 9.80 Å². The molecule has 20 heavy (non-hydrogen) atoms. The van der Waals surface area contributed by atoms with Gasteiger partial charge in [-0.25, -0.2) is 0 Å². The smallest absolute Gasteiger partial charge is 0.289 e. The fourth-order valence-electron chi connectivity index (χ4n) is 3.52. The van der Waals surface area contributed by atoms with Crippen molar-refractivity contribution in [2.75, 3.05) is 19.6 Å². The van der Waals surface area contributed by atoms with Crippen molar-refractivity contribution < 1.29 is 14.0 Å². The zero-order chi connectivity index (χ0) is 13.7. The predicted octanol–water partition coefficient (Wildman–Crippen LogP) is 1.36. The maximum Gasteiger partial charge on any atom is 0.289 e. The molecular formula is C15H18N2O3. The monoisotopic (exact) mass is 274 g/mol. The van der Waals surface area contributed by atoms with Crippen molar-refractivity contribution in [3.63, 3.8) is 0 Å². The van der Waals surface area contributed by atoms with E-state index in [0.717, 1.165) is 32.4 Å². The summed E-state index contributed by atoms with van der Waals surface area (Å²) in [5, 5.41) is 0. The number of hydrogen-bond donors (Lipinski definition) is 0. The van der Waals surface area contributed by atoms with Gasteiger partial charge in [0.2, 0.25) is 5.91 Å². The van der Waals surface area contributed by atoms with E-state index in [0.29, 0.717) is 24.1 Å². The largest absolute Gasteiger partial charge is 0.459 e. The van der Waals surface area contributed by atoms with Crippen LogP contribution in [0.1, 0.15) is 29.8 Å². The summed E-state index contributed by atoms with van der Waals surface area (Å²) in [6.45, 7) is 2.30. The van der Waals surface area contributed by atoms with Crippen LogP contribution in [-0.2, 0) is 4.79 Å². The SMILES string of the molecule is O=C(C1CC1)N1C[C@H]2CCN(C(=O)c3ccco3)[C@H]2C1. The molecule has 0 radical (unpaired) electrons. The van der Waals surface area contributed by atoms with Gasteiger partial charge in [-0.05, 0) is 31.4 Å². The third-order valence-electron chi connectivity index (χ3n) is 4.78. The Hall–Kier alpha value is -1.78. The van der Waals surface area contributed by atoms with E-state index in [1.165, 1.54) is 6.26 Å². The van der Waals surface area contributed by atoms with Crippen molar-refractivity contribution in [3.05, 3.63) is 24.2 Å². The van der Waals surface area contributed by atoms with E-state index >= 15 is 0 Å². The maximum absolute atomic E-state index is 12.4. The molecule has 0 bridgehead atoms. The number of carbonyl (C=O) groups excluding carboxylic acids is 2. The molecule has 3 heterocycles. The van der Waals surface area contributed by atoms with Crippen LogP contribution in [0.15, 0.2) is 22.8 Å². The summed E-state index contributed by atoms with van der Waals surface area (Å²) in [6, 6.07) is 3.62. The summed E-state index contributed by atoms with van der Waals surface area (Å²) in [7, 11) is 0. The number of hydrogen-bond acceptors (Lipinski definition) is 3. The Balaban J connectivity index is 1.48. The molecule has 0 unspecified atom stereocenters. The van der Waals surface area contributed by atoms with Crippen LogP contribution < -0.4 is 0 Å². The van der Waals surface area contributed by atoms with Gasteiger partial charge in [0.1, 0.15) is 0 Å². The lowest BCUT2D eigenvalue weighted by molar-refractivity contribution is -0.131. The molecule has 3 fully saturated rings. The van der Waals surface area contributed by atoms with Crippen molar-refractivity contribution in [1.82, 2.24) is 9.80 Å². The first-order chi connectivity index (χ1) is 9.74. The van der Waals surface area contributed by atoms with Crippen LogP contribution in [0.4, 0.5) is 0 Å². The first kappa shape index (κ1) is 12.0. The Morgan fingerprint density at radius 3 is 2.75 bits per heavy atom. The summed E-state index contributed by atoms with van der Waals surface area (Å²) in [5.41, 5.74) is 0. The minimum absolute atomic E-state index is 0.0387. The molecule has 5 heteroatoms. The Kier molecular flexibility index (Phi) is 2.62. The second-order valence-electron chi connectivity index (χ2n) is 6.11. The van der Waals surface area contributed by atoms with E-state index in [2.05, 4.69) is 0 Å². The maximum atomic E-state index is 12.4. The molecule has 2 atom stereocenters. The third-order valence-corrected chi connectivity index (χ3v) is 4.78. The van der Waals surface area contributed by atoms with Gasteiger partial charge in [-0.2, -0.15) is 0 Å². The fraction of sp³-hybridized carbons (Fsp3) is 0.600. The first-order valence-electron chi connectivity index (χ1n) is 7.37. The molecule has 2 saturated heterocycles. The number of likely N-dealkylation sites (tertiary alicyclic amines) is 2. The summed E-state index contributed by atoms with van der Waals surface area (Å²) < 4.78 is 5.21. The van der Waals surface area contributed by atoms with Crippen molar-refractivity contribution in [3.8, 4) is 0 Å². The van der Waals surface area contributed by atoms with Gasteiger partial charge >= 0.3 is 0 Å². The average molecular weight is 274 g/mol.